The van der Waals surface area contributed by atoms with Crippen LogP contribution in [-0.4, -0.2) is 51.7 Å². The van der Waals surface area contributed by atoms with Crippen LogP contribution in [0, 0.1) is 6.92 Å². The normalized spacial score (nSPS) is 15.0. The van der Waals surface area contributed by atoms with Crippen molar-refractivity contribution < 1.29 is 17.9 Å². The van der Waals surface area contributed by atoms with E-state index in [0.29, 0.717) is 18.9 Å². The SMILES string of the molecule is Cc1ccc(S(=O)(=O)N[C@H](Cc2c[nH]c3ccccc23)C(=O)Nc2ccc(N3CCOCC3)cc2)cc1. The molecule has 9 heteroatoms. The number of benzene rings is 3. The van der Waals surface area contributed by atoms with Gasteiger partial charge in [-0.2, -0.15) is 4.72 Å². The van der Waals surface area contributed by atoms with Crippen molar-refractivity contribution in [1.82, 2.24) is 9.71 Å². The van der Waals surface area contributed by atoms with E-state index in [1.807, 2.05) is 61.7 Å². The molecule has 2 heterocycles. The van der Waals surface area contributed by atoms with E-state index in [4.69, 9.17) is 4.74 Å². The second-order valence-electron chi connectivity index (χ2n) is 9.19. The summed E-state index contributed by atoms with van der Waals surface area (Å²) in [5, 5.41) is 3.85. The van der Waals surface area contributed by atoms with Crippen LogP contribution in [0.2, 0.25) is 0 Å². The molecule has 1 amide bonds. The summed E-state index contributed by atoms with van der Waals surface area (Å²) in [6.45, 7) is 4.91. The molecule has 3 N–H and O–H groups in total. The van der Waals surface area contributed by atoms with Crippen molar-refractivity contribution in [2.75, 3.05) is 36.5 Å². The van der Waals surface area contributed by atoms with Gasteiger partial charge in [0.25, 0.3) is 0 Å². The van der Waals surface area contributed by atoms with Crippen molar-refractivity contribution in [3.63, 3.8) is 0 Å². The molecular formula is C28H30N4O4S. The lowest BCUT2D eigenvalue weighted by Gasteiger charge is -2.29. The quantitative estimate of drug-likeness (QED) is 0.329. The van der Waals surface area contributed by atoms with Crippen LogP contribution in [0.1, 0.15) is 11.1 Å². The van der Waals surface area contributed by atoms with Crippen molar-refractivity contribution in [2.45, 2.75) is 24.3 Å². The average Bonchev–Trinajstić information content (AvgIpc) is 3.32. The number of morpholine rings is 1. The fraction of sp³-hybridized carbons (Fsp3) is 0.250. The highest BCUT2D eigenvalue weighted by atomic mass is 32.2. The molecule has 0 spiro atoms. The molecule has 0 bridgehead atoms. The first kappa shape index (κ1) is 25.0. The second-order valence-corrected chi connectivity index (χ2v) is 10.9. The molecule has 1 aliphatic rings. The number of amides is 1. The topological polar surface area (TPSA) is 104 Å². The molecule has 37 heavy (non-hydrogen) atoms. The minimum atomic E-state index is -3.93. The maximum Gasteiger partial charge on any atom is 0.242 e. The number of ether oxygens (including phenoxy) is 1. The summed E-state index contributed by atoms with van der Waals surface area (Å²) in [4.78, 5) is 19.0. The van der Waals surface area contributed by atoms with Gasteiger partial charge in [0.05, 0.1) is 18.1 Å². The minimum Gasteiger partial charge on any atom is -0.378 e. The zero-order valence-electron chi connectivity index (χ0n) is 20.6. The van der Waals surface area contributed by atoms with E-state index in [1.54, 1.807) is 24.3 Å². The molecule has 0 saturated carbocycles. The van der Waals surface area contributed by atoms with Gasteiger partial charge in [-0.15, -0.1) is 0 Å². The van der Waals surface area contributed by atoms with Gasteiger partial charge in [-0.25, -0.2) is 8.42 Å². The molecule has 3 aromatic carbocycles. The number of anilines is 2. The Hall–Kier alpha value is -3.66. The molecule has 0 aliphatic carbocycles. The van der Waals surface area contributed by atoms with Gasteiger partial charge in [0, 0.05) is 41.6 Å². The van der Waals surface area contributed by atoms with Crippen LogP contribution in [0.15, 0.2) is 83.9 Å². The molecule has 5 rings (SSSR count). The van der Waals surface area contributed by atoms with Crippen molar-refractivity contribution in [3.05, 3.63) is 90.1 Å². The number of fused-ring (bicyclic) bond motifs is 1. The predicted molar refractivity (Wildman–Crippen MR) is 145 cm³/mol. The number of hydrogen-bond acceptors (Lipinski definition) is 5. The zero-order valence-corrected chi connectivity index (χ0v) is 21.4. The van der Waals surface area contributed by atoms with E-state index in [0.717, 1.165) is 40.8 Å². The Morgan fingerprint density at radius 2 is 1.70 bits per heavy atom. The number of nitrogens with zero attached hydrogens (tertiary/aromatic N) is 1. The highest BCUT2D eigenvalue weighted by Gasteiger charge is 2.27. The molecular weight excluding hydrogens is 488 g/mol. The van der Waals surface area contributed by atoms with Crippen LogP contribution in [0.4, 0.5) is 11.4 Å². The van der Waals surface area contributed by atoms with Gasteiger partial charge in [0.2, 0.25) is 15.9 Å². The highest BCUT2D eigenvalue weighted by molar-refractivity contribution is 7.89. The summed E-state index contributed by atoms with van der Waals surface area (Å²) in [5.74, 6) is -0.430. The minimum absolute atomic E-state index is 0.115. The van der Waals surface area contributed by atoms with Crippen LogP contribution in [-0.2, 0) is 26.0 Å². The summed E-state index contributed by atoms with van der Waals surface area (Å²) in [6, 6.07) is 20.8. The smallest absolute Gasteiger partial charge is 0.242 e. The zero-order chi connectivity index (χ0) is 25.8. The first-order chi connectivity index (χ1) is 17.9. The number of H-pyrrole nitrogens is 1. The number of aryl methyl sites for hydroxylation is 1. The van der Waals surface area contributed by atoms with Gasteiger partial charge in [0.15, 0.2) is 0 Å². The fourth-order valence-electron chi connectivity index (χ4n) is 4.49. The Morgan fingerprint density at radius 1 is 1.00 bits per heavy atom. The number of para-hydroxylation sites is 1. The summed E-state index contributed by atoms with van der Waals surface area (Å²) in [5.41, 5.74) is 4.38. The maximum atomic E-state index is 13.4. The molecule has 1 atom stereocenters. The van der Waals surface area contributed by atoms with Crippen LogP contribution < -0.4 is 14.9 Å². The van der Waals surface area contributed by atoms with Crippen LogP contribution >= 0.6 is 0 Å². The number of aromatic nitrogens is 1. The van der Waals surface area contributed by atoms with Gasteiger partial charge in [0.1, 0.15) is 6.04 Å². The van der Waals surface area contributed by atoms with Crippen molar-refractivity contribution in [3.8, 4) is 0 Å². The average molecular weight is 519 g/mol. The Bertz CT molecular complexity index is 1470. The van der Waals surface area contributed by atoms with Gasteiger partial charge in [-0.3, -0.25) is 4.79 Å². The number of carbonyl (C=O) groups is 1. The van der Waals surface area contributed by atoms with Gasteiger partial charge in [-0.05, 0) is 61.4 Å². The first-order valence-corrected chi connectivity index (χ1v) is 13.7. The van der Waals surface area contributed by atoms with Crippen molar-refractivity contribution >= 4 is 38.2 Å². The molecule has 0 unspecified atom stereocenters. The largest absolute Gasteiger partial charge is 0.378 e. The van der Waals surface area contributed by atoms with Gasteiger partial charge >= 0.3 is 0 Å². The summed E-state index contributed by atoms with van der Waals surface area (Å²) >= 11 is 0. The number of sulfonamides is 1. The second kappa shape index (κ2) is 10.8. The molecule has 192 valence electrons. The molecule has 0 radical (unpaired) electrons. The first-order valence-electron chi connectivity index (χ1n) is 12.3. The summed E-state index contributed by atoms with van der Waals surface area (Å²) in [6.07, 6.45) is 2.01. The number of aromatic amines is 1. The van der Waals surface area contributed by atoms with Crippen LogP contribution in [0.3, 0.4) is 0 Å². The molecule has 1 saturated heterocycles. The lowest BCUT2D eigenvalue weighted by atomic mass is 10.0. The molecule has 8 nitrogen and oxygen atoms in total. The Balaban J connectivity index is 1.38. The Kier molecular flexibility index (Phi) is 7.27. The molecule has 1 aliphatic heterocycles. The monoisotopic (exact) mass is 518 g/mol. The number of carbonyl (C=O) groups excluding carboxylic acids is 1. The Morgan fingerprint density at radius 3 is 2.43 bits per heavy atom. The lowest BCUT2D eigenvalue weighted by molar-refractivity contribution is -0.117. The number of nitrogens with one attached hydrogen (secondary N) is 3. The molecule has 1 fully saturated rings. The van der Waals surface area contributed by atoms with Crippen molar-refractivity contribution in [1.29, 1.82) is 0 Å². The molecule has 1 aromatic heterocycles. The highest BCUT2D eigenvalue weighted by Crippen LogP contribution is 2.22. The third-order valence-electron chi connectivity index (χ3n) is 6.56. The van der Waals surface area contributed by atoms with E-state index >= 15 is 0 Å². The summed E-state index contributed by atoms with van der Waals surface area (Å²) < 4.78 is 34.5. The van der Waals surface area contributed by atoms with Crippen molar-refractivity contribution in [2.24, 2.45) is 0 Å². The fourth-order valence-corrected chi connectivity index (χ4v) is 5.68. The summed E-state index contributed by atoms with van der Waals surface area (Å²) in [7, 11) is -3.93. The number of rotatable bonds is 8. The number of hydrogen-bond donors (Lipinski definition) is 3. The van der Waals surface area contributed by atoms with Crippen LogP contribution in [0.5, 0.6) is 0 Å². The third-order valence-corrected chi connectivity index (χ3v) is 8.04. The van der Waals surface area contributed by atoms with Gasteiger partial charge in [-0.1, -0.05) is 35.9 Å². The van der Waals surface area contributed by atoms with E-state index < -0.39 is 22.0 Å². The maximum absolute atomic E-state index is 13.4. The van der Waals surface area contributed by atoms with E-state index in [1.165, 1.54) is 0 Å². The van der Waals surface area contributed by atoms with Gasteiger partial charge < -0.3 is 19.9 Å². The standard InChI is InChI=1S/C28H30N4O4S/c1-20-6-12-24(13-7-20)37(34,35)31-27(18-21-19-29-26-5-3-2-4-25(21)26)28(33)30-22-8-10-23(11-9-22)32-14-16-36-17-15-32/h2-13,19,27,29,31H,14-18H2,1H3,(H,30,33)/t27-/m1/s1. The van der Waals surface area contributed by atoms with Crippen LogP contribution in [0.25, 0.3) is 10.9 Å². The Labute approximate surface area is 216 Å². The van der Waals surface area contributed by atoms with E-state index in [2.05, 4.69) is 19.9 Å². The predicted octanol–water partition coefficient (Wildman–Crippen LogP) is 3.84. The van der Waals surface area contributed by atoms with E-state index in [-0.39, 0.29) is 11.3 Å². The lowest BCUT2D eigenvalue weighted by Crippen LogP contribution is -2.45. The molecule has 4 aromatic rings. The third kappa shape index (κ3) is 5.85. The van der Waals surface area contributed by atoms with E-state index in [9.17, 15) is 13.2 Å².